The fourth-order valence-corrected chi connectivity index (χ4v) is 5.04. The maximum atomic E-state index is 13.3. The molecule has 5 aromatic rings. The number of methoxy groups -OCH3 is 1. The highest BCUT2D eigenvalue weighted by Crippen LogP contribution is 2.36. The Kier molecular flexibility index (Phi) is 8.27. The SMILES string of the molecule is CCOc1ccc(C(CC(=O)NCc2ccccc2)c2cn(Cc3ccc(OC)cc3)c3ccccc23)cc1. The minimum absolute atomic E-state index is 0.0183. The van der Waals surface area contributed by atoms with Crippen LogP contribution in [-0.4, -0.2) is 24.2 Å². The van der Waals surface area contributed by atoms with Crippen LogP contribution in [0.4, 0.5) is 0 Å². The Hall–Kier alpha value is -4.51. The number of para-hydroxylation sites is 1. The Labute approximate surface area is 230 Å². The number of nitrogens with zero attached hydrogens (tertiary/aromatic N) is 1. The van der Waals surface area contributed by atoms with Crippen LogP contribution in [0.1, 0.15) is 41.5 Å². The molecule has 0 aliphatic rings. The topological polar surface area (TPSA) is 52.5 Å². The summed E-state index contributed by atoms with van der Waals surface area (Å²) in [5, 5.41) is 4.28. The molecule has 39 heavy (non-hydrogen) atoms. The number of nitrogens with one attached hydrogen (secondary N) is 1. The van der Waals surface area contributed by atoms with Crippen LogP contribution in [0.25, 0.3) is 10.9 Å². The van der Waals surface area contributed by atoms with Crippen LogP contribution in [0.2, 0.25) is 0 Å². The lowest BCUT2D eigenvalue weighted by Crippen LogP contribution is -2.25. The highest BCUT2D eigenvalue weighted by molar-refractivity contribution is 5.87. The Morgan fingerprint density at radius 2 is 1.51 bits per heavy atom. The van der Waals surface area contributed by atoms with Crippen molar-refractivity contribution < 1.29 is 14.3 Å². The Balaban J connectivity index is 1.48. The first-order chi connectivity index (χ1) is 19.1. The van der Waals surface area contributed by atoms with E-state index in [2.05, 4.69) is 64.6 Å². The van der Waals surface area contributed by atoms with Gasteiger partial charge in [-0.25, -0.2) is 0 Å². The second kappa shape index (κ2) is 12.4. The monoisotopic (exact) mass is 518 g/mol. The van der Waals surface area contributed by atoms with Crippen molar-refractivity contribution >= 4 is 16.8 Å². The summed E-state index contributed by atoms with van der Waals surface area (Å²) in [6.45, 7) is 3.82. The van der Waals surface area contributed by atoms with Crippen LogP contribution in [0.5, 0.6) is 11.5 Å². The van der Waals surface area contributed by atoms with E-state index in [0.717, 1.165) is 45.6 Å². The molecule has 5 nitrogen and oxygen atoms in total. The van der Waals surface area contributed by atoms with E-state index in [-0.39, 0.29) is 11.8 Å². The summed E-state index contributed by atoms with van der Waals surface area (Å²) in [5.74, 6) is 1.58. The molecule has 0 aliphatic carbocycles. The van der Waals surface area contributed by atoms with E-state index in [0.29, 0.717) is 19.6 Å². The number of hydrogen-bond donors (Lipinski definition) is 1. The van der Waals surface area contributed by atoms with Gasteiger partial charge in [-0.1, -0.05) is 72.8 Å². The summed E-state index contributed by atoms with van der Waals surface area (Å²) in [4.78, 5) is 13.3. The molecule has 0 fully saturated rings. The Morgan fingerprint density at radius 1 is 0.821 bits per heavy atom. The molecule has 5 rings (SSSR count). The smallest absolute Gasteiger partial charge is 0.221 e. The zero-order valence-electron chi connectivity index (χ0n) is 22.5. The molecule has 0 saturated carbocycles. The third kappa shape index (κ3) is 6.32. The zero-order valence-corrected chi connectivity index (χ0v) is 22.5. The van der Waals surface area contributed by atoms with E-state index >= 15 is 0 Å². The van der Waals surface area contributed by atoms with Crippen molar-refractivity contribution in [3.8, 4) is 11.5 Å². The van der Waals surface area contributed by atoms with E-state index in [4.69, 9.17) is 9.47 Å². The second-order valence-electron chi connectivity index (χ2n) is 9.60. The maximum Gasteiger partial charge on any atom is 0.221 e. The van der Waals surface area contributed by atoms with Crippen LogP contribution < -0.4 is 14.8 Å². The highest BCUT2D eigenvalue weighted by Gasteiger charge is 2.23. The molecule has 1 atom stereocenters. The minimum atomic E-state index is -0.113. The van der Waals surface area contributed by atoms with Crippen molar-refractivity contribution in [1.29, 1.82) is 0 Å². The van der Waals surface area contributed by atoms with Crippen LogP contribution in [-0.2, 0) is 17.9 Å². The molecule has 0 saturated heterocycles. The summed E-state index contributed by atoms with van der Waals surface area (Å²) in [7, 11) is 1.68. The molecular weight excluding hydrogens is 484 g/mol. The molecule has 4 aromatic carbocycles. The van der Waals surface area contributed by atoms with E-state index in [1.165, 1.54) is 5.56 Å². The maximum absolute atomic E-state index is 13.3. The first-order valence-electron chi connectivity index (χ1n) is 13.4. The van der Waals surface area contributed by atoms with Crippen molar-refractivity contribution in [2.24, 2.45) is 0 Å². The predicted molar refractivity (Wildman–Crippen MR) is 156 cm³/mol. The van der Waals surface area contributed by atoms with E-state index < -0.39 is 0 Å². The minimum Gasteiger partial charge on any atom is -0.497 e. The number of fused-ring (bicyclic) bond motifs is 1. The number of amides is 1. The molecule has 1 amide bonds. The summed E-state index contributed by atoms with van der Waals surface area (Å²) in [5.41, 5.74) is 5.63. The average molecular weight is 519 g/mol. The quantitative estimate of drug-likeness (QED) is 0.206. The van der Waals surface area contributed by atoms with Gasteiger partial charge in [-0.05, 0) is 59.5 Å². The van der Waals surface area contributed by atoms with Gasteiger partial charge in [-0.3, -0.25) is 4.79 Å². The standard InChI is InChI=1S/C34H34N2O3/c1-3-39-29-19-15-27(16-20-29)31(21-34(37)35-22-25-9-5-4-6-10-25)32-24-36(33-12-8-7-11-30(32)33)23-26-13-17-28(38-2)18-14-26/h4-20,24,31H,3,21-23H2,1-2H3,(H,35,37). The Morgan fingerprint density at radius 3 is 2.23 bits per heavy atom. The van der Waals surface area contributed by atoms with Crippen molar-refractivity contribution in [3.05, 3.63) is 132 Å². The fraction of sp³-hybridized carbons (Fsp3) is 0.206. The first kappa shape index (κ1) is 26.1. The third-order valence-electron chi connectivity index (χ3n) is 7.02. The molecular formula is C34H34N2O3. The van der Waals surface area contributed by atoms with E-state index in [1.807, 2.05) is 61.5 Å². The fourth-order valence-electron chi connectivity index (χ4n) is 5.04. The van der Waals surface area contributed by atoms with Crippen LogP contribution in [0.3, 0.4) is 0 Å². The molecule has 198 valence electrons. The summed E-state index contributed by atoms with van der Waals surface area (Å²) in [6, 6.07) is 34.7. The van der Waals surface area contributed by atoms with Gasteiger partial charge in [0.15, 0.2) is 0 Å². The molecule has 0 bridgehead atoms. The van der Waals surface area contributed by atoms with Gasteiger partial charge in [0.1, 0.15) is 11.5 Å². The second-order valence-corrected chi connectivity index (χ2v) is 9.60. The number of carbonyl (C=O) groups is 1. The lowest BCUT2D eigenvalue weighted by Gasteiger charge is -2.18. The molecule has 0 aliphatic heterocycles. The van der Waals surface area contributed by atoms with Crippen LogP contribution >= 0.6 is 0 Å². The summed E-state index contributed by atoms with van der Waals surface area (Å²) < 4.78 is 13.3. The van der Waals surface area contributed by atoms with Crippen LogP contribution in [0.15, 0.2) is 109 Å². The highest BCUT2D eigenvalue weighted by atomic mass is 16.5. The molecule has 1 unspecified atom stereocenters. The Bertz CT molecular complexity index is 1510. The molecule has 1 aromatic heterocycles. The first-order valence-corrected chi connectivity index (χ1v) is 13.4. The van der Waals surface area contributed by atoms with Crippen molar-refractivity contribution in [3.63, 3.8) is 0 Å². The molecule has 0 radical (unpaired) electrons. The van der Waals surface area contributed by atoms with Crippen molar-refractivity contribution in [2.75, 3.05) is 13.7 Å². The molecule has 1 N–H and O–H groups in total. The normalized spacial score (nSPS) is 11.7. The average Bonchev–Trinajstić information content (AvgIpc) is 3.34. The van der Waals surface area contributed by atoms with Gasteiger partial charge >= 0.3 is 0 Å². The van der Waals surface area contributed by atoms with Crippen molar-refractivity contribution in [1.82, 2.24) is 9.88 Å². The number of ether oxygens (including phenoxy) is 2. The van der Waals surface area contributed by atoms with Crippen LogP contribution in [0, 0.1) is 0 Å². The largest absolute Gasteiger partial charge is 0.497 e. The predicted octanol–water partition coefficient (Wildman–Crippen LogP) is 6.94. The van der Waals surface area contributed by atoms with Gasteiger partial charge < -0.3 is 19.4 Å². The number of hydrogen-bond acceptors (Lipinski definition) is 3. The molecule has 5 heteroatoms. The van der Waals surface area contributed by atoms with Gasteiger partial charge in [-0.15, -0.1) is 0 Å². The lowest BCUT2D eigenvalue weighted by molar-refractivity contribution is -0.121. The summed E-state index contributed by atoms with van der Waals surface area (Å²) in [6.07, 6.45) is 2.55. The van der Waals surface area contributed by atoms with Gasteiger partial charge in [0, 0.05) is 42.5 Å². The number of rotatable bonds is 11. The lowest BCUT2D eigenvalue weighted by atomic mass is 9.88. The van der Waals surface area contributed by atoms with Gasteiger partial charge in [0.2, 0.25) is 5.91 Å². The zero-order chi connectivity index (χ0) is 27.0. The summed E-state index contributed by atoms with van der Waals surface area (Å²) >= 11 is 0. The number of carbonyl (C=O) groups excluding carboxylic acids is 1. The number of aromatic nitrogens is 1. The molecule has 0 spiro atoms. The number of benzene rings is 4. The third-order valence-corrected chi connectivity index (χ3v) is 7.02. The van der Waals surface area contributed by atoms with Crippen molar-refractivity contribution in [2.45, 2.75) is 32.4 Å². The van der Waals surface area contributed by atoms with E-state index in [9.17, 15) is 4.79 Å². The van der Waals surface area contributed by atoms with Gasteiger partial charge in [-0.2, -0.15) is 0 Å². The van der Waals surface area contributed by atoms with E-state index in [1.54, 1.807) is 7.11 Å². The van der Waals surface area contributed by atoms with Gasteiger partial charge in [0.05, 0.1) is 13.7 Å². The van der Waals surface area contributed by atoms with Gasteiger partial charge in [0.25, 0.3) is 0 Å². The molecule has 1 heterocycles.